The Bertz CT molecular complexity index is 931. The number of hydrogen-bond acceptors (Lipinski definition) is 6. The van der Waals surface area contributed by atoms with Crippen molar-refractivity contribution in [1.82, 2.24) is 24.6 Å². The van der Waals surface area contributed by atoms with Crippen LogP contribution in [-0.4, -0.2) is 50.2 Å². The standard InChI is InChI=1S/C20H23N5O3/c1-14-20(15(2)28-23-14)17-5-3-4-16(22-17)18-12-25(10-11-27-18)19(26)6-8-24-9-7-21-13-24/h3-5,7,9,13,18H,6,8,10-12H2,1-2H3/t18-/m0/s1. The summed E-state index contributed by atoms with van der Waals surface area (Å²) in [5.41, 5.74) is 3.33. The van der Waals surface area contributed by atoms with Gasteiger partial charge >= 0.3 is 0 Å². The molecule has 1 atom stereocenters. The molecule has 0 aromatic carbocycles. The van der Waals surface area contributed by atoms with Gasteiger partial charge in [-0.05, 0) is 26.0 Å². The number of nitrogens with zero attached hydrogens (tertiary/aromatic N) is 5. The number of aromatic nitrogens is 4. The van der Waals surface area contributed by atoms with Crippen LogP contribution in [-0.2, 0) is 16.1 Å². The predicted octanol–water partition coefficient (Wildman–Crippen LogP) is 2.54. The maximum atomic E-state index is 12.6. The Hall–Kier alpha value is -3.00. The third kappa shape index (κ3) is 3.82. The Morgan fingerprint density at radius 1 is 1.32 bits per heavy atom. The van der Waals surface area contributed by atoms with E-state index in [2.05, 4.69) is 10.1 Å². The molecule has 8 nitrogen and oxygen atoms in total. The molecule has 1 aliphatic rings. The third-order valence-electron chi connectivity index (χ3n) is 4.95. The van der Waals surface area contributed by atoms with E-state index >= 15 is 0 Å². The zero-order valence-electron chi connectivity index (χ0n) is 16.0. The van der Waals surface area contributed by atoms with Crippen LogP contribution in [0.2, 0.25) is 0 Å². The maximum Gasteiger partial charge on any atom is 0.224 e. The van der Waals surface area contributed by atoms with Crippen LogP contribution < -0.4 is 0 Å². The summed E-state index contributed by atoms with van der Waals surface area (Å²) in [6, 6.07) is 5.82. The van der Waals surface area contributed by atoms with Gasteiger partial charge in [0.1, 0.15) is 11.9 Å². The van der Waals surface area contributed by atoms with Gasteiger partial charge in [-0.25, -0.2) is 9.97 Å². The second kappa shape index (κ2) is 7.93. The van der Waals surface area contributed by atoms with E-state index < -0.39 is 0 Å². The SMILES string of the molecule is Cc1noc(C)c1-c1cccc([C@@H]2CN(C(=O)CCn3ccnc3)CCO2)n1. The minimum Gasteiger partial charge on any atom is -0.368 e. The number of ether oxygens (including phenoxy) is 1. The lowest BCUT2D eigenvalue weighted by atomic mass is 10.1. The Balaban J connectivity index is 1.46. The van der Waals surface area contributed by atoms with Crippen molar-refractivity contribution >= 4 is 5.91 Å². The van der Waals surface area contributed by atoms with Crippen LogP contribution in [0.4, 0.5) is 0 Å². The Labute approximate surface area is 163 Å². The second-order valence-electron chi connectivity index (χ2n) is 6.90. The van der Waals surface area contributed by atoms with Crippen LogP contribution in [0.25, 0.3) is 11.3 Å². The predicted molar refractivity (Wildman–Crippen MR) is 101 cm³/mol. The smallest absolute Gasteiger partial charge is 0.224 e. The fourth-order valence-corrected chi connectivity index (χ4v) is 3.48. The number of carbonyl (C=O) groups is 1. The number of pyridine rings is 1. The van der Waals surface area contributed by atoms with E-state index in [1.807, 2.05) is 47.7 Å². The third-order valence-corrected chi connectivity index (χ3v) is 4.95. The van der Waals surface area contributed by atoms with E-state index in [9.17, 15) is 4.79 Å². The van der Waals surface area contributed by atoms with Crippen LogP contribution >= 0.6 is 0 Å². The zero-order valence-corrected chi connectivity index (χ0v) is 16.0. The average Bonchev–Trinajstić information content (AvgIpc) is 3.36. The van der Waals surface area contributed by atoms with Gasteiger partial charge in [-0.3, -0.25) is 4.79 Å². The maximum absolute atomic E-state index is 12.6. The number of carbonyl (C=O) groups excluding carboxylic acids is 1. The number of imidazole rings is 1. The molecule has 28 heavy (non-hydrogen) atoms. The van der Waals surface area contributed by atoms with Crippen molar-refractivity contribution in [2.45, 2.75) is 32.9 Å². The van der Waals surface area contributed by atoms with Crippen molar-refractivity contribution in [1.29, 1.82) is 0 Å². The summed E-state index contributed by atoms with van der Waals surface area (Å²) < 4.78 is 13.1. The number of morpholine rings is 1. The van der Waals surface area contributed by atoms with E-state index in [4.69, 9.17) is 14.2 Å². The molecule has 0 aliphatic carbocycles. The summed E-state index contributed by atoms with van der Waals surface area (Å²) in [5.74, 6) is 0.854. The van der Waals surface area contributed by atoms with Gasteiger partial charge < -0.3 is 18.7 Å². The van der Waals surface area contributed by atoms with E-state index in [0.717, 1.165) is 28.4 Å². The summed E-state index contributed by atoms with van der Waals surface area (Å²) in [7, 11) is 0. The van der Waals surface area contributed by atoms with Gasteiger partial charge in [0.05, 0.1) is 42.1 Å². The number of aryl methyl sites for hydroxylation is 3. The van der Waals surface area contributed by atoms with Crippen molar-refractivity contribution in [3.05, 3.63) is 54.1 Å². The summed E-state index contributed by atoms with van der Waals surface area (Å²) >= 11 is 0. The van der Waals surface area contributed by atoms with Crippen molar-refractivity contribution in [2.24, 2.45) is 0 Å². The Morgan fingerprint density at radius 2 is 2.21 bits per heavy atom. The van der Waals surface area contributed by atoms with Crippen molar-refractivity contribution in [3.8, 4) is 11.3 Å². The van der Waals surface area contributed by atoms with Gasteiger partial charge in [0.2, 0.25) is 5.91 Å². The molecule has 0 spiro atoms. The minimum absolute atomic E-state index is 0.115. The number of hydrogen-bond donors (Lipinski definition) is 0. The lowest BCUT2D eigenvalue weighted by Gasteiger charge is -2.33. The lowest BCUT2D eigenvalue weighted by molar-refractivity contribution is -0.139. The Kier molecular flexibility index (Phi) is 5.21. The van der Waals surface area contributed by atoms with Crippen molar-refractivity contribution < 1.29 is 14.1 Å². The molecule has 3 aromatic heterocycles. The van der Waals surface area contributed by atoms with Crippen LogP contribution in [0.3, 0.4) is 0 Å². The van der Waals surface area contributed by atoms with Crippen LogP contribution in [0.5, 0.6) is 0 Å². The molecule has 0 bridgehead atoms. The van der Waals surface area contributed by atoms with Gasteiger partial charge in [0.15, 0.2) is 0 Å². The Morgan fingerprint density at radius 3 is 2.96 bits per heavy atom. The summed E-state index contributed by atoms with van der Waals surface area (Å²) in [6.45, 7) is 6.00. The molecule has 1 amide bonds. The van der Waals surface area contributed by atoms with E-state index in [0.29, 0.717) is 32.7 Å². The molecule has 4 rings (SSSR count). The molecular formula is C20H23N5O3. The quantitative estimate of drug-likeness (QED) is 0.675. The highest BCUT2D eigenvalue weighted by atomic mass is 16.5. The van der Waals surface area contributed by atoms with Crippen LogP contribution in [0, 0.1) is 13.8 Å². The summed E-state index contributed by atoms with van der Waals surface area (Å²) in [5, 5.41) is 4.01. The first-order valence-corrected chi connectivity index (χ1v) is 9.37. The summed E-state index contributed by atoms with van der Waals surface area (Å²) in [6.07, 6.45) is 5.49. The molecule has 8 heteroatoms. The minimum atomic E-state index is -0.244. The first kappa shape index (κ1) is 18.4. The fraction of sp³-hybridized carbons (Fsp3) is 0.400. The number of rotatable bonds is 5. The largest absolute Gasteiger partial charge is 0.368 e. The molecule has 0 saturated carbocycles. The fourth-order valence-electron chi connectivity index (χ4n) is 3.48. The van der Waals surface area contributed by atoms with Crippen LogP contribution in [0.1, 0.15) is 29.7 Å². The van der Waals surface area contributed by atoms with Gasteiger partial charge in [-0.2, -0.15) is 0 Å². The van der Waals surface area contributed by atoms with Crippen molar-refractivity contribution in [2.75, 3.05) is 19.7 Å². The molecule has 0 N–H and O–H groups in total. The summed E-state index contributed by atoms with van der Waals surface area (Å²) in [4.78, 5) is 23.2. The normalized spacial score (nSPS) is 17.1. The van der Waals surface area contributed by atoms with E-state index in [1.165, 1.54) is 0 Å². The zero-order chi connectivity index (χ0) is 19.5. The van der Waals surface area contributed by atoms with Crippen LogP contribution in [0.15, 0.2) is 41.4 Å². The average molecular weight is 381 g/mol. The van der Waals surface area contributed by atoms with Gasteiger partial charge in [0.25, 0.3) is 0 Å². The first-order valence-electron chi connectivity index (χ1n) is 9.37. The second-order valence-corrected chi connectivity index (χ2v) is 6.90. The molecule has 4 heterocycles. The van der Waals surface area contributed by atoms with E-state index in [-0.39, 0.29) is 12.0 Å². The molecule has 1 fully saturated rings. The van der Waals surface area contributed by atoms with Gasteiger partial charge in [0, 0.05) is 31.9 Å². The molecule has 1 saturated heterocycles. The monoisotopic (exact) mass is 381 g/mol. The molecule has 0 unspecified atom stereocenters. The molecule has 1 aliphatic heterocycles. The lowest BCUT2D eigenvalue weighted by Crippen LogP contribution is -2.42. The molecule has 0 radical (unpaired) electrons. The number of amides is 1. The first-order chi connectivity index (χ1) is 13.6. The van der Waals surface area contributed by atoms with E-state index in [1.54, 1.807) is 12.5 Å². The highest BCUT2D eigenvalue weighted by Crippen LogP contribution is 2.28. The molecule has 146 valence electrons. The van der Waals surface area contributed by atoms with Gasteiger partial charge in [-0.1, -0.05) is 11.2 Å². The molecular weight excluding hydrogens is 358 g/mol. The highest BCUT2D eigenvalue weighted by Gasteiger charge is 2.26. The highest BCUT2D eigenvalue weighted by molar-refractivity contribution is 5.76. The molecule has 3 aromatic rings. The van der Waals surface area contributed by atoms with Crippen molar-refractivity contribution in [3.63, 3.8) is 0 Å². The van der Waals surface area contributed by atoms with Gasteiger partial charge in [-0.15, -0.1) is 0 Å². The topological polar surface area (TPSA) is 86.3 Å².